The van der Waals surface area contributed by atoms with Crippen molar-refractivity contribution in [3.8, 4) is 0 Å². The molecular weight excluding hydrogens is 326 g/mol. The third-order valence-electron chi connectivity index (χ3n) is 4.96. The Labute approximate surface area is 156 Å². The van der Waals surface area contributed by atoms with Crippen molar-refractivity contribution in [2.75, 3.05) is 6.54 Å². The lowest BCUT2D eigenvalue weighted by Gasteiger charge is -2.26. The van der Waals surface area contributed by atoms with E-state index in [-0.39, 0.29) is 18.2 Å². The first-order valence-electron chi connectivity index (χ1n) is 9.40. The fraction of sp³-hybridized carbons (Fsp3) is 0.476. The lowest BCUT2D eigenvalue weighted by atomic mass is 10.1. The highest BCUT2D eigenvalue weighted by Gasteiger charge is 2.31. The van der Waals surface area contributed by atoms with Crippen LogP contribution in [0.5, 0.6) is 0 Å². The van der Waals surface area contributed by atoms with Crippen molar-refractivity contribution in [2.45, 2.75) is 52.0 Å². The van der Waals surface area contributed by atoms with Crippen LogP contribution in [0.25, 0.3) is 0 Å². The SMILES string of the molecule is CC(C)OCc1ccccc1CNC(=O)N1CCCC1c1cccn1C. The summed E-state index contributed by atoms with van der Waals surface area (Å²) in [4.78, 5) is 14.7. The van der Waals surface area contributed by atoms with Gasteiger partial charge in [0, 0.05) is 32.0 Å². The highest BCUT2D eigenvalue weighted by molar-refractivity contribution is 5.75. The fourth-order valence-electron chi connectivity index (χ4n) is 3.54. The lowest BCUT2D eigenvalue weighted by molar-refractivity contribution is 0.0652. The third-order valence-corrected chi connectivity index (χ3v) is 4.96. The van der Waals surface area contributed by atoms with Crippen LogP contribution in [0.4, 0.5) is 4.79 Å². The fourth-order valence-corrected chi connectivity index (χ4v) is 3.54. The van der Waals surface area contributed by atoms with E-state index in [9.17, 15) is 4.79 Å². The molecule has 1 aromatic heterocycles. The highest BCUT2D eigenvalue weighted by atomic mass is 16.5. The molecule has 2 aromatic rings. The van der Waals surface area contributed by atoms with Crippen molar-refractivity contribution < 1.29 is 9.53 Å². The molecule has 0 spiro atoms. The predicted octanol–water partition coefficient (Wildman–Crippen LogP) is 4.00. The monoisotopic (exact) mass is 355 g/mol. The summed E-state index contributed by atoms with van der Waals surface area (Å²) in [6, 6.07) is 12.4. The normalized spacial score (nSPS) is 17.1. The molecule has 1 N–H and O–H groups in total. The number of urea groups is 1. The van der Waals surface area contributed by atoms with Gasteiger partial charge in [-0.05, 0) is 49.9 Å². The first kappa shape index (κ1) is 18.5. The van der Waals surface area contributed by atoms with Crippen LogP contribution in [-0.2, 0) is 24.9 Å². The Bertz CT molecular complexity index is 738. The van der Waals surface area contributed by atoms with E-state index in [0.717, 1.165) is 30.5 Å². The molecule has 1 aromatic carbocycles. The van der Waals surface area contributed by atoms with Gasteiger partial charge in [-0.1, -0.05) is 24.3 Å². The van der Waals surface area contributed by atoms with E-state index in [4.69, 9.17) is 4.74 Å². The maximum absolute atomic E-state index is 12.8. The minimum Gasteiger partial charge on any atom is -0.374 e. The van der Waals surface area contributed by atoms with Gasteiger partial charge in [0.05, 0.1) is 18.8 Å². The second kappa shape index (κ2) is 8.41. The van der Waals surface area contributed by atoms with Gasteiger partial charge in [0.15, 0.2) is 0 Å². The van der Waals surface area contributed by atoms with Crippen LogP contribution < -0.4 is 5.32 Å². The maximum atomic E-state index is 12.8. The molecule has 0 aliphatic carbocycles. The van der Waals surface area contributed by atoms with Crippen molar-refractivity contribution in [2.24, 2.45) is 7.05 Å². The van der Waals surface area contributed by atoms with E-state index in [1.54, 1.807) is 0 Å². The Balaban J connectivity index is 1.63. The predicted molar refractivity (Wildman–Crippen MR) is 103 cm³/mol. The molecule has 0 saturated carbocycles. The minimum atomic E-state index is 0.00767. The number of ether oxygens (including phenoxy) is 1. The average molecular weight is 355 g/mol. The molecule has 2 amide bonds. The van der Waals surface area contributed by atoms with Gasteiger partial charge >= 0.3 is 6.03 Å². The number of aryl methyl sites for hydroxylation is 1. The molecule has 2 heterocycles. The molecular formula is C21H29N3O2. The van der Waals surface area contributed by atoms with Crippen molar-refractivity contribution >= 4 is 6.03 Å². The molecule has 1 fully saturated rings. The van der Waals surface area contributed by atoms with Gasteiger partial charge in [-0.25, -0.2) is 4.79 Å². The number of nitrogens with zero attached hydrogens (tertiary/aromatic N) is 2. The summed E-state index contributed by atoms with van der Waals surface area (Å²) in [7, 11) is 2.04. The summed E-state index contributed by atoms with van der Waals surface area (Å²) < 4.78 is 7.83. The van der Waals surface area contributed by atoms with Crippen LogP contribution in [-0.4, -0.2) is 28.1 Å². The van der Waals surface area contributed by atoms with Gasteiger partial charge < -0.3 is 19.5 Å². The van der Waals surface area contributed by atoms with Crippen molar-refractivity contribution in [1.29, 1.82) is 0 Å². The number of rotatable bonds is 6. The Kier molecular flexibility index (Phi) is 5.99. The summed E-state index contributed by atoms with van der Waals surface area (Å²) >= 11 is 0. The van der Waals surface area contributed by atoms with E-state index in [1.807, 2.05) is 50.2 Å². The molecule has 1 saturated heterocycles. The minimum absolute atomic E-state index is 0.00767. The number of amides is 2. The van der Waals surface area contributed by atoms with E-state index in [1.165, 1.54) is 5.69 Å². The largest absolute Gasteiger partial charge is 0.374 e. The molecule has 1 atom stereocenters. The van der Waals surface area contributed by atoms with E-state index in [0.29, 0.717) is 13.2 Å². The molecule has 0 bridgehead atoms. The molecule has 1 aliphatic rings. The van der Waals surface area contributed by atoms with Crippen molar-refractivity contribution in [1.82, 2.24) is 14.8 Å². The number of hydrogen-bond acceptors (Lipinski definition) is 2. The summed E-state index contributed by atoms with van der Waals surface area (Å²) in [5.41, 5.74) is 3.43. The van der Waals surface area contributed by atoms with Crippen LogP contribution in [0.2, 0.25) is 0 Å². The van der Waals surface area contributed by atoms with Crippen molar-refractivity contribution in [3.63, 3.8) is 0 Å². The molecule has 5 heteroatoms. The number of hydrogen-bond donors (Lipinski definition) is 1. The van der Waals surface area contributed by atoms with Gasteiger partial charge in [-0.3, -0.25) is 0 Å². The molecule has 5 nitrogen and oxygen atoms in total. The van der Waals surface area contributed by atoms with Crippen molar-refractivity contribution in [3.05, 3.63) is 59.4 Å². The first-order chi connectivity index (χ1) is 12.6. The maximum Gasteiger partial charge on any atom is 0.318 e. The zero-order valence-electron chi connectivity index (χ0n) is 15.9. The highest BCUT2D eigenvalue weighted by Crippen LogP contribution is 2.31. The van der Waals surface area contributed by atoms with Gasteiger partial charge in [-0.2, -0.15) is 0 Å². The summed E-state index contributed by atoms with van der Waals surface area (Å²) in [5, 5.41) is 3.10. The zero-order valence-corrected chi connectivity index (χ0v) is 15.9. The van der Waals surface area contributed by atoms with Gasteiger partial charge in [0.25, 0.3) is 0 Å². The molecule has 1 unspecified atom stereocenters. The van der Waals surface area contributed by atoms with Gasteiger partial charge in [0.2, 0.25) is 0 Å². The number of likely N-dealkylation sites (tertiary alicyclic amines) is 1. The second-order valence-electron chi connectivity index (χ2n) is 7.18. The molecule has 140 valence electrons. The number of carbonyl (C=O) groups excluding carboxylic acids is 1. The second-order valence-corrected chi connectivity index (χ2v) is 7.18. The number of nitrogens with one attached hydrogen (secondary N) is 1. The third kappa shape index (κ3) is 4.28. The lowest BCUT2D eigenvalue weighted by Crippen LogP contribution is -2.39. The standard InChI is InChI=1S/C21H29N3O2/c1-16(2)26-15-18-9-5-4-8-17(18)14-22-21(25)24-13-7-11-20(24)19-10-6-12-23(19)3/h4-6,8-10,12,16,20H,7,11,13-15H2,1-3H3,(H,22,25). The van der Waals surface area contributed by atoms with Crippen LogP contribution in [0.15, 0.2) is 42.6 Å². The van der Waals surface area contributed by atoms with Crippen LogP contribution >= 0.6 is 0 Å². The van der Waals surface area contributed by atoms with Crippen LogP contribution in [0, 0.1) is 0 Å². The Morgan fingerprint density at radius 3 is 2.69 bits per heavy atom. The van der Waals surface area contributed by atoms with Gasteiger partial charge in [0.1, 0.15) is 0 Å². The van der Waals surface area contributed by atoms with Crippen LogP contribution in [0.3, 0.4) is 0 Å². The smallest absolute Gasteiger partial charge is 0.318 e. The number of aromatic nitrogens is 1. The average Bonchev–Trinajstić information content (AvgIpc) is 3.26. The molecule has 26 heavy (non-hydrogen) atoms. The van der Waals surface area contributed by atoms with Crippen LogP contribution in [0.1, 0.15) is 49.6 Å². The zero-order chi connectivity index (χ0) is 18.5. The molecule has 3 rings (SSSR count). The summed E-state index contributed by atoms with van der Waals surface area (Å²) in [6.07, 6.45) is 4.29. The molecule has 0 radical (unpaired) electrons. The van der Waals surface area contributed by atoms with E-state index < -0.39 is 0 Å². The Morgan fingerprint density at radius 2 is 2.00 bits per heavy atom. The summed E-state index contributed by atoms with van der Waals surface area (Å²) in [5.74, 6) is 0. The molecule has 1 aliphatic heterocycles. The first-order valence-corrected chi connectivity index (χ1v) is 9.40. The van der Waals surface area contributed by atoms with E-state index in [2.05, 4.69) is 28.1 Å². The quantitative estimate of drug-likeness (QED) is 0.851. The topological polar surface area (TPSA) is 46.5 Å². The summed E-state index contributed by atoms with van der Waals surface area (Å²) in [6.45, 7) is 5.95. The number of carbonyl (C=O) groups is 1. The van der Waals surface area contributed by atoms with E-state index >= 15 is 0 Å². The number of benzene rings is 1. The Hall–Kier alpha value is -2.27. The Morgan fingerprint density at radius 1 is 1.23 bits per heavy atom. The van der Waals surface area contributed by atoms with Gasteiger partial charge in [-0.15, -0.1) is 0 Å².